The summed E-state index contributed by atoms with van der Waals surface area (Å²) in [4.78, 5) is 12.2. The molecule has 6 rings (SSSR count). The van der Waals surface area contributed by atoms with Crippen LogP contribution in [0.2, 0.25) is 0 Å². The molecule has 2 bridgehead atoms. The summed E-state index contributed by atoms with van der Waals surface area (Å²) in [5.41, 5.74) is 10.3. The first-order valence-electron chi connectivity index (χ1n) is 11.9. The molecule has 2 unspecified atom stereocenters. The molecule has 2 atom stereocenters. The highest BCUT2D eigenvalue weighted by molar-refractivity contribution is 5.91. The number of imidazole rings is 1. The zero-order valence-corrected chi connectivity index (χ0v) is 20.5. The lowest BCUT2D eigenvalue weighted by molar-refractivity contribution is 0.408. The Kier molecular flexibility index (Phi) is 6.07. The van der Waals surface area contributed by atoms with Crippen LogP contribution in [0.1, 0.15) is 36.8 Å². The molecule has 2 aliphatic heterocycles. The summed E-state index contributed by atoms with van der Waals surface area (Å²) in [7, 11) is 0. The predicted octanol–water partition coefficient (Wildman–Crippen LogP) is 4.97. The fraction of sp³-hybridized carbons (Fsp3) is 0.296. The van der Waals surface area contributed by atoms with E-state index in [0.717, 1.165) is 42.8 Å². The number of hydrogen-bond acceptors (Lipinski definition) is 6. The van der Waals surface area contributed by atoms with Crippen molar-refractivity contribution in [1.82, 2.24) is 14.4 Å². The minimum absolute atomic E-state index is 0. The summed E-state index contributed by atoms with van der Waals surface area (Å²) in [5.74, 6) is 0.325. The maximum Gasteiger partial charge on any atom is 0.212 e. The van der Waals surface area contributed by atoms with Crippen LogP contribution in [0.4, 0.5) is 10.3 Å². The van der Waals surface area contributed by atoms with Crippen LogP contribution in [0.25, 0.3) is 28.0 Å². The van der Waals surface area contributed by atoms with Crippen LogP contribution in [0.5, 0.6) is 5.75 Å². The molecule has 9 heteroatoms. The topological polar surface area (TPSA) is 103 Å². The van der Waals surface area contributed by atoms with Gasteiger partial charge in [-0.3, -0.25) is 4.40 Å². The van der Waals surface area contributed by atoms with Crippen LogP contribution in [-0.4, -0.2) is 37.6 Å². The van der Waals surface area contributed by atoms with Crippen molar-refractivity contribution in [2.75, 3.05) is 4.90 Å². The Balaban J connectivity index is 0.00000267. The first kappa shape index (κ1) is 24.0. The Morgan fingerprint density at radius 2 is 1.83 bits per heavy atom. The third-order valence-electron chi connectivity index (χ3n) is 7.39. The van der Waals surface area contributed by atoms with Crippen LogP contribution in [0, 0.1) is 24.1 Å². The van der Waals surface area contributed by atoms with Crippen LogP contribution in [0.15, 0.2) is 48.8 Å². The van der Waals surface area contributed by atoms with Gasteiger partial charge in [-0.15, -0.1) is 12.4 Å². The molecule has 4 aromatic rings. The number of halogens is 2. The van der Waals surface area contributed by atoms with Crippen LogP contribution >= 0.6 is 12.4 Å². The smallest absolute Gasteiger partial charge is 0.212 e. The van der Waals surface area contributed by atoms with E-state index in [2.05, 4.69) is 9.88 Å². The lowest BCUT2D eigenvalue weighted by Crippen LogP contribution is -2.48. The highest BCUT2D eigenvalue weighted by Crippen LogP contribution is 2.42. The second-order valence-corrected chi connectivity index (χ2v) is 9.59. The first-order chi connectivity index (χ1) is 16.9. The summed E-state index contributed by atoms with van der Waals surface area (Å²) in [6.45, 7) is 1.83. The SMILES string of the molecule is Cc1ccc(-c2c(-c3ccc(C#N)c(F)c3)nc(N3C4CCC3CC(N)C4)n3ccnc23)cc1O.Cl. The largest absolute Gasteiger partial charge is 0.508 e. The molecule has 2 fully saturated rings. The van der Waals surface area contributed by atoms with Crippen molar-refractivity contribution in [2.24, 2.45) is 5.73 Å². The quantitative estimate of drug-likeness (QED) is 0.408. The molecule has 2 aromatic heterocycles. The van der Waals surface area contributed by atoms with E-state index in [1.54, 1.807) is 18.3 Å². The fourth-order valence-corrected chi connectivity index (χ4v) is 5.69. The number of phenols is 1. The second kappa shape index (κ2) is 9.08. The second-order valence-electron chi connectivity index (χ2n) is 9.59. The van der Waals surface area contributed by atoms with E-state index in [0.29, 0.717) is 34.6 Å². The summed E-state index contributed by atoms with van der Waals surface area (Å²) in [6.07, 6.45) is 7.56. The number of piperidine rings is 1. The van der Waals surface area contributed by atoms with E-state index in [9.17, 15) is 14.8 Å². The molecule has 0 aliphatic carbocycles. The van der Waals surface area contributed by atoms with Gasteiger partial charge in [0, 0.05) is 36.1 Å². The highest BCUT2D eigenvalue weighted by atomic mass is 35.5. The Bertz CT molecular complexity index is 1500. The van der Waals surface area contributed by atoms with Gasteiger partial charge in [0.2, 0.25) is 5.95 Å². The van der Waals surface area contributed by atoms with Gasteiger partial charge in [-0.25, -0.2) is 14.4 Å². The number of aromatic nitrogens is 3. The van der Waals surface area contributed by atoms with Gasteiger partial charge in [-0.2, -0.15) is 5.26 Å². The van der Waals surface area contributed by atoms with Crippen molar-refractivity contribution in [1.29, 1.82) is 5.26 Å². The number of nitrogens with zero attached hydrogens (tertiary/aromatic N) is 5. The van der Waals surface area contributed by atoms with Crippen LogP contribution < -0.4 is 10.6 Å². The molecule has 0 amide bonds. The van der Waals surface area contributed by atoms with Gasteiger partial charge in [0.15, 0.2) is 0 Å². The van der Waals surface area contributed by atoms with Gasteiger partial charge in [0.1, 0.15) is 23.3 Å². The Labute approximate surface area is 214 Å². The number of fused-ring (bicyclic) bond motifs is 3. The van der Waals surface area contributed by atoms with Gasteiger partial charge < -0.3 is 15.7 Å². The molecule has 36 heavy (non-hydrogen) atoms. The van der Waals surface area contributed by atoms with Gasteiger partial charge in [-0.05, 0) is 61.9 Å². The van der Waals surface area contributed by atoms with E-state index in [4.69, 9.17) is 10.7 Å². The van der Waals surface area contributed by atoms with Crippen LogP contribution in [0.3, 0.4) is 0 Å². The Hall–Kier alpha value is -3.67. The van der Waals surface area contributed by atoms with Crippen molar-refractivity contribution in [2.45, 2.75) is 50.7 Å². The van der Waals surface area contributed by atoms with Crippen molar-refractivity contribution in [3.05, 3.63) is 65.7 Å². The Morgan fingerprint density at radius 3 is 2.50 bits per heavy atom. The molecular weight excluding hydrogens is 479 g/mol. The minimum atomic E-state index is -0.599. The van der Waals surface area contributed by atoms with Gasteiger partial charge in [-0.1, -0.05) is 18.2 Å². The molecule has 7 nitrogen and oxygen atoms in total. The first-order valence-corrected chi connectivity index (χ1v) is 11.9. The van der Waals surface area contributed by atoms with Gasteiger partial charge in [0.25, 0.3) is 0 Å². The molecule has 2 aromatic carbocycles. The molecule has 0 saturated carbocycles. The highest BCUT2D eigenvalue weighted by Gasteiger charge is 2.41. The van der Waals surface area contributed by atoms with Crippen molar-refractivity contribution >= 4 is 24.0 Å². The van der Waals surface area contributed by atoms with Gasteiger partial charge >= 0.3 is 0 Å². The molecule has 184 valence electrons. The number of nitriles is 1. The zero-order valence-electron chi connectivity index (χ0n) is 19.7. The van der Waals surface area contributed by atoms with E-state index >= 15 is 0 Å². The van der Waals surface area contributed by atoms with E-state index in [1.807, 2.05) is 35.7 Å². The van der Waals surface area contributed by atoms with Crippen molar-refractivity contribution < 1.29 is 9.50 Å². The number of nitrogens with two attached hydrogens (primary N) is 1. The monoisotopic (exact) mass is 504 g/mol. The maximum atomic E-state index is 14.7. The van der Waals surface area contributed by atoms with E-state index < -0.39 is 5.82 Å². The molecule has 2 aliphatic rings. The van der Waals surface area contributed by atoms with E-state index in [1.165, 1.54) is 12.1 Å². The average Bonchev–Trinajstić information content (AvgIpc) is 3.43. The summed E-state index contributed by atoms with van der Waals surface area (Å²) >= 11 is 0. The predicted molar refractivity (Wildman–Crippen MR) is 139 cm³/mol. The lowest BCUT2D eigenvalue weighted by Gasteiger charge is -2.39. The molecular formula is C27H26ClFN6O. The number of benzene rings is 2. The molecule has 0 spiro atoms. The third-order valence-corrected chi connectivity index (χ3v) is 7.39. The summed E-state index contributed by atoms with van der Waals surface area (Å²) in [5, 5.41) is 19.7. The Morgan fingerprint density at radius 1 is 1.11 bits per heavy atom. The molecule has 4 heterocycles. The lowest BCUT2D eigenvalue weighted by atomic mass is 9.97. The maximum absolute atomic E-state index is 14.7. The molecule has 2 saturated heterocycles. The molecule has 0 radical (unpaired) electrons. The number of anilines is 1. The van der Waals surface area contributed by atoms with Crippen molar-refractivity contribution in [3.8, 4) is 34.2 Å². The van der Waals surface area contributed by atoms with Crippen molar-refractivity contribution in [3.63, 3.8) is 0 Å². The number of aromatic hydroxyl groups is 1. The summed E-state index contributed by atoms with van der Waals surface area (Å²) in [6, 6.07) is 12.6. The normalized spacial score (nSPS) is 20.8. The van der Waals surface area contributed by atoms with Gasteiger partial charge in [0.05, 0.1) is 16.8 Å². The average molecular weight is 505 g/mol. The minimum Gasteiger partial charge on any atom is -0.508 e. The molecule has 3 N–H and O–H groups in total. The zero-order chi connectivity index (χ0) is 24.3. The number of hydrogen-bond donors (Lipinski definition) is 2. The third kappa shape index (κ3) is 3.76. The number of phenolic OH excluding ortho intramolecular Hbond substituents is 1. The van der Waals surface area contributed by atoms with E-state index in [-0.39, 0.29) is 29.8 Å². The standard InChI is InChI=1S/C27H25FN6O.ClH/c1-15-2-3-16(11-23(15)35)24-25(17-4-5-18(14-29)22(28)10-17)32-27(33-9-8-31-26(24)33)34-20-6-7-21(34)13-19(30)12-20;/h2-5,8-11,19-21,35H,6-7,12-13,30H2,1H3;1H. The fourth-order valence-electron chi connectivity index (χ4n) is 5.69. The number of aryl methyl sites for hydroxylation is 1. The summed E-state index contributed by atoms with van der Waals surface area (Å²) < 4.78 is 16.7. The van der Waals surface area contributed by atoms with Crippen LogP contribution in [-0.2, 0) is 0 Å². The number of rotatable bonds is 3.